The van der Waals surface area contributed by atoms with E-state index in [9.17, 15) is 19.5 Å². The molecule has 1 saturated heterocycles. The maximum atomic E-state index is 13.9. The van der Waals surface area contributed by atoms with Gasteiger partial charge >= 0.3 is 0 Å². The molecular weight excluding hydrogens is 418 g/mol. The van der Waals surface area contributed by atoms with Crippen LogP contribution in [0.3, 0.4) is 0 Å². The summed E-state index contributed by atoms with van der Waals surface area (Å²) >= 11 is 0. The predicted molar refractivity (Wildman–Crippen MR) is 128 cm³/mol. The first kappa shape index (κ1) is 25.7. The van der Waals surface area contributed by atoms with E-state index in [1.807, 2.05) is 6.08 Å². The maximum absolute atomic E-state index is 13.9. The number of nitrogens with one attached hydrogen (secondary N) is 2. The first-order chi connectivity index (χ1) is 15.8. The van der Waals surface area contributed by atoms with Gasteiger partial charge in [0.15, 0.2) is 0 Å². The number of carbonyl (C=O) groups is 3. The highest BCUT2D eigenvalue weighted by Gasteiger charge is 2.58. The Morgan fingerprint density at radius 1 is 1.15 bits per heavy atom. The molecule has 0 radical (unpaired) electrons. The molecule has 3 rings (SSSR count). The van der Waals surface area contributed by atoms with E-state index in [0.29, 0.717) is 6.42 Å². The number of hydrogen-bond acceptors (Lipinski definition) is 4. The Morgan fingerprint density at radius 2 is 1.85 bits per heavy atom. The van der Waals surface area contributed by atoms with E-state index in [4.69, 9.17) is 0 Å². The van der Waals surface area contributed by atoms with E-state index in [-0.39, 0.29) is 48.1 Å². The number of hydrogen-bond donors (Lipinski definition) is 3. The van der Waals surface area contributed by atoms with Crippen LogP contribution < -0.4 is 10.6 Å². The van der Waals surface area contributed by atoms with Gasteiger partial charge in [0.1, 0.15) is 6.04 Å². The zero-order valence-corrected chi connectivity index (χ0v) is 20.8. The Labute approximate surface area is 198 Å². The standard InChI is InChI=1S/C26H43N3O4/c1-5-9-17-12-13-20-22(21(17)24(31)27-4)26(33)29(19(15-30)14-16(2)3)23(20)25(32)28-18-10-7-6-8-11-18/h12-13,16-23,30H,5-11,14-15H2,1-4H3,(H,27,31)(H,28,32)/t17-,19-,20+,21-,22-,23+/m1/s1. The predicted octanol–water partition coefficient (Wildman–Crippen LogP) is 2.63. The highest BCUT2D eigenvalue weighted by Crippen LogP contribution is 2.46. The Kier molecular flexibility index (Phi) is 8.96. The molecule has 1 heterocycles. The number of amides is 3. The molecule has 2 aliphatic carbocycles. The normalized spacial score (nSPS) is 30.9. The highest BCUT2D eigenvalue weighted by atomic mass is 16.3. The van der Waals surface area contributed by atoms with Crippen molar-refractivity contribution in [3.8, 4) is 0 Å². The van der Waals surface area contributed by atoms with Crippen LogP contribution in [0.5, 0.6) is 0 Å². The average molecular weight is 462 g/mol. The molecule has 0 spiro atoms. The molecule has 0 aromatic heterocycles. The van der Waals surface area contributed by atoms with E-state index in [2.05, 4.69) is 37.5 Å². The lowest BCUT2D eigenvalue weighted by Crippen LogP contribution is -2.54. The molecule has 6 atom stereocenters. The summed E-state index contributed by atoms with van der Waals surface area (Å²) in [7, 11) is 1.61. The lowest BCUT2D eigenvalue weighted by Gasteiger charge is -2.35. The fraction of sp³-hybridized carbons (Fsp3) is 0.808. The number of aliphatic hydroxyl groups excluding tert-OH is 1. The van der Waals surface area contributed by atoms with Crippen molar-refractivity contribution in [2.75, 3.05) is 13.7 Å². The summed E-state index contributed by atoms with van der Waals surface area (Å²) in [5.41, 5.74) is 0. The van der Waals surface area contributed by atoms with Gasteiger partial charge in [0.25, 0.3) is 0 Å². The van der Waals surface area contributed by atoms with E-state index >= 15 is 0 Å². The van der Waals surface area contributed by atoms with Gasteiger partial charge in [0, 0.05) is 19.0 Å². The largest absolute Gasteiger partial charge is 0.394 e. The third-order valence-corrected chi connectivity index (χ3v) is 7.79. The van der Waals surface area contributed by atoms with Gasteiger partial charge in [-0.3, -0.25) is 14.4 Å². The van der Waals surface area contributed by atoms with Crippen molar-refractivity contribution in [3.63, 3.8) is 0 Å². The first-order valence-corrected chi connectivity index (χ1v) is 13.0. The summed E-state index contributed by atoms with van der Waals surface area (Å²) in [4.78, 5) is 42.2. The number of carbonyl (C=O) groups excluding carboxylic acids is 3. The van der Waals surface area contributed by atoms with Gasteiger partial charge in [-0.25, -0.2) is 0 Å². The molecule has 3 N–H and O–H groups in total. The van der Waals surface area contributed by atoms with Gasteiger partial charge in [-0.15, -0.1) is 0 Å². The zero-order valence-electron chi connectivity index (χ0n) is 20.8. The molecule has 2 fully saturated rings. The Bertz CT molecular complexity index is 731. The van der Waals surface area contributed by atoms with Gasteiger partial charge in [-0.1, -0.05) is 58.6 Å². The molecule has 186 valence electrons. The monoisotopic (exact) mass is 461 g/mol. The molecule has 3 aliphatic rings. The lowest BCUT2D eigenvalue weighted by atomic mass is 9.68. The lowest BCUT2D eigenvalue weighted by molar-refractivity contribution is -0.143. The van der Waals surface area contributed by atoms with Gasteiger partial charge in [-0.05, 0) is 37.5 Å². The van der Waals surface area contributed by atoms with Crippen LogP contribution in [-0.4, -0.2) is 59.5 Å². The molecule has 3 amide bonds. The van der Waals surface area contributed by atoms with Crippen molar-refractivity contribution < 1.29 is 19.5 Å². The van der Waals surface area contributed by atoms with Crippen LogP contribution in [0.2, 0.25) is 0 Å². The SMILES string of the molecule is CCC[C@@H]1C=C[C@H]2[C@@H](C(=O)N([C@@H](CO)CC(C)C)[C@@H]2C(=O)NC2CCCCC2)[C@@H]1C(=O)NC. The van der Waals surface area contributed by atoms with Crippen LogP contribution in [0.25, 0.3) is 0 Å². The van der Waals surface area contributed by atoms with Gasteiger partial charge in [-0.2, -0.15) is 0 Å². The van der Waals surface area contributed by atoms with Crippen molar-refractivity contribution in [3.05, 3.63) is 12.2 Å². The van der Waals surface area contributed by atoms with E-state index < -0.39 is 23.9 Å². The number of nitrogens with zero attached hydrogens (tertiary/aromatic N) is 1. The molecular formula is C26H43N3O4. The topological polar surface area (TPSA) is 98.7 Å². The second kappa shape index (κ2) is 11.5. The minimum absolute atomic E-state index is 0.0279. The summed E-state index contributed by atoms with van der Waals surface area (Å²) in [5, 5.41) is 16.2. The molecule has 1 saturated carbocycles. The highest BCUT2D eigenvalue weighted by molar-refractivity contribution is 5.97. The van der Waals surface area contributed by atoms with Crippen LogP contribution in [-0.2, 0) is 14.4 Å². The minimum Gasteiger partial charge on any atom is -0.394 e. The molecule has 33 heavy (non-hydrogen) atoms. The van der Waals surface area contributed by atoms with Crippen LogP contribution >= 0.6 is 0 Å². The van der Waals surface area contributed by atoms with Gasteiger partial charge in [0.2, 0.25) is 17.7 Å². The van der Waals surface area contributed by atoms with E-state index in [0.717, 1.165) is 38.5 Å². The van der Waals surface area contributed by atoms with Crippen LogP contribution in [0.1, 0.15) is 72.1 Å². The van der Waals surface area contributed by atoms with Crippen molar-refractivity contribution in [1.82, 2.24) is 15.5 Å². The van der Waals surface area contributed by atoms with Crippen LogP contribution in [0.4, 0.5) is 0 Å². The minimum atomic E-state index is -0.689. The number of allylic oxidation sites excluding steroid dienone is 1. The molecule has 7 heteroatoms. The molecule has 0 aromatic rings. The first-order valence-electron chi connectivity index (χ1n) is 13.0. The fourth-order valence-corrected chi connectivity index (χ4v) is 6.33. The third-order valence-electron chi connectivity index (χ3n) is 7.79. The Hall–Kier alpha value is -1.89. The summed E-state index contributed by atoms with van der Waals surface area (Å²) in [6.07, 6.45) is 11.7. The summed E-state index contributed by atoms with van der Waals surface area (Å²) in [6, 6.07) is -0.991. The maximum Gasteiger partial charge on any atom is 0.243 e. The number of likely N-dealkylation sites (tertiary alicyclic amines) is 1. The van der Waals surface area contributed by atoms with Crippen LogP contribution in [0.15, 0.2) is 12.2 Å². The average Bonchev–Trinajstić information content (AvgIpc) is 3.10. The fourth-order valence-electron chi connectivity index (χ4n) is 6.33. The molecule has 0 unspecified atom stereocenters. The summed E-state index contributed by atoms with van der Waals surface area (Å²) in [5.74, 6) is -1.64. The quantitative estimate of drug-likeness (QED) is 0.460. The molecule has 0 aromatic carbocycles. The van der Waals surface area contributed by atoms with Crippen molar-refractivity contribution in [2.24, 2.45) is 29.6 Å². The van der Waals surface area contributed by atoms with Crippen LogP contribution in [0, 0.1) is 29.6 Å². The number of aliphatic hydroxyl groups is 1. The zero-order chi connectivity index (χ0) is 24.1. The summed E-state index contributed by atoms with van der Waals surface area (Å²) < 4.78 is 0. The van der Waals surface area contributed by atoms with Crippen molar-refractivity contribution in [1.29, 1.82) is 0 Å². The molecule has 0 bridgehead atoms. The van der Waals surface area contributed by atoms with Gasteiger partial charge in [0.05, 0.1) is 24.5 Å². The smallest absolute Gasteiger partial charge is 0.243 e. The number of rotatable bonds is 9. The van der Waals surface area contributed by atoms with E-state index in [1.54, 1.807) is 11.9 Å². The summed E-state index contributed by atoms with van der Waals surface area (Å²) in [6.45, 7) is 5.99. The van der Waals surface area contributed by atoms with Crippen molar-refractivity contribution >= 4 is 17.7 Å². The second-order valence-corrected chi connectivity index (χ2v) is 10.6. The number of fused-ring (bicyclic) bond motifs is 1. The van der Waals surface area contributed by atoms with Crippen molar-refractivity contribution in [2.45, 2.75) is 90.3 Å². The molecule has 1 aliphatic heterocycles. The second-order valence-electron chi connectivity index (χ2n) is 10.6. The van der Waals surface area contributed by atoms with E-state index in [1.165, 1.54) is 6.42 Å². The Morgan fingerprint density at radius 3 is 2.42 bits per heavy atom. The third kappa shape index (κ3) is 5.44. The molecule has 7 nitrogen and oxygen atoms in total. The van der Waals surface area contributed by atoms with Gasteiger partial charge < -0.3 is 20.6 Å². The Balaban J connectivity index is 1.98.